The van der Waals surface area contributed by atoms with Gasteiger partial charge in [0.2, 0.25) is 5.88 Å². The lowest BCUT2D eigenvalue weighted by atomic mass is 9.93. The molecule has 2 heterocycles. The van der Waals surface area contributed by atoms with Crippen molar-refractivity contribution in [1.82, 2.24) is 9.97 Å². The van der Waals surface area contributed by atoms with Crippen LogP contribution in [0.2, 0.25) is 5.15 Å². The van der Waals surface area contributed by atoms with Gasteiger partial charge in [-0.25, -0.2) is 9.97 Å². The summed E-state index contributed by atoms with van der Waals surface area (Å²) in [5.74, 6) is 2.01. The number of hydrogen-bond acceptors (Lipinski definition) is 4. The van der Waals surface area contributed by atoms with E-state index in [2.05, 4.69) is 23.1 Å². The molecule has 0 spiro atoms. The van der Waals surface area contributed by atoms with Gasteiger partial charge in [-0.1, -0.05) is 32.4 Å². The molecule has 2 saturated carbocycles. The van der Waals surface area contributed by atoms with Crippen LogP contribution in [0, 0.1) is 5.92 Å². The zero-order valence-corrected chi connectivity index (χ0v) is 17.0. The highest BCUT2D eigenvalue weighted by Gasteiger charge is 2.32. The molecule has 0 amide bonds. The molecular formula is C20H27ClN2OS. The molecular weight excluding hydrogens is 352 g/mol. The van der Waals surface area contributed by atoms with E-state index in [1.54, 1.807) is 0 Å². The zero-order chi connectivity index (χ0) is 18.0. The second-order valence-corrected chi connectivity index (χ2v) is 8.29. The quantitative estimate of drug-likeness (QED) is 0.589. The van der Waals surface area contributed by atoms with Crippen molar-refractivity contribution in [2.75, 3.05) is 6.26 Å². The molecule has 2 aromatic heterocycles. The van der Waals surface area contributed by atoms with Crippen LogP contribution in [-0.4, -0.2) is 27.6 Å². The van der Waals surface area contributed by atoms with Gasteiger partial charge in [0.1, 0.15) is 11.3 Å². The van der Waals surface area contributed by atoms with Crippen LogP contribution in [0.15, 0.2) is 18.5 Å². The number of hydrogen-bond donors (Lipinski definition) is 0. The number of nitrogens with zero attached hydrogens (tertiary/aromatic N) is 2. The van der Waals surface area contributed by atoms with Crippen molar-refractivity contribution in [3.8, 4) is 5.88 Å². The van der Waals surface area contributed by atoms with Gasteiger partial charge in [0.05, 0.1) is 5.39 Å². The van der Waals surface area contributed by atoms with Gasteiger partial charge in [-0.15, -0.1) is 0 Å². The Morgan fingerprint density at radius 3 is 2.52 bits per heavy atom. The van der Waals surface area contributed by atoms with Crippen LogP contribution >= 0.6 is 23.4 Å². The van der Waals surface area contributed by atoms with Gasteiger partial charge in [-0.2, -0.15) is 11.8 Å². The molecule has 2 aromatic rings. The largest absolute Gasteiger partial charge is 0.474 e. The maximum Gasteiger partial charge on any atom is 0.223 e. The number of ether oxygens (including phenoxy) is 1. The first-order valence-corrected chi connectivity index (χ1v) is 11.0. The van der Waals surface area contributed by atoms with Crippen molar-refractivity contribution in [3.63, 3.8) is 0 Å². The lowest BCUT2D eigenvalue weighted by Gasteiger charge is -2.34. The summed E-state index contributed by atoms with van der Waals surface area (Å²) in [6, 6.07) is 1.96. The van der Waals surface area contributed by atoms with Gasteiger partial charge in [-0.3, -0.25) is 0 Å². The Balaban J connectivity index is 0.000000880. The van der Waals surface area contributed by atoms with Gasteiger partial charge >= 0.3 is 0 Å². The molecule has 0 N–H and O–H groups in total. The molecule has 3 nitrogen and oxygen atoms in total. The van der Waals surface area contributed by atoms with Gasteiger partial charge < -0.3 is 4.74 Å². The van der Waals surface area contributed by atoms with Crippen molar-refractivity contribution >= 4 is 34.1 Å². The third kappa shape index (κ3) is 4.06. The van der Waals surface area contributed by atoms with E-state index in [1.165, 1.54) is 18.4 Å². The molecule has 4 rings (SSSR count). The molecule has 0 saturated heterocycles. The smallest absolute Gasteiger partial charge is 0.223 e. The normalized spacial score (nSPS) is 23.4. The number of rotatable bonds is 5. The molecule has 5 heteroatoms. The topological polar surface area (TPSA) is 35.0 Å². The molecule has 1 atom stereocenters. The number of aromatic nitrogens is 2. The predicted molar refractivity (Wildman–Crippen MR) is 108 cm³/mol. The fourth-order valence-electron chi connectivity index (χ4n) is 3.38. The van der Waals surface area contributed by atoms with Crippen molar-refractivity contribution < 1.29 is 4.74 Å². The van der Waals surface area contributed by atoms with E-state index >= 15 is 0 Å². The van der Waals surface area contributed by atoms with Crippen LogP contribution < -0.4 is 4.74 Å². The van der Waals surface area contributed by atoms with Crippen molar-refractivity contribution in [1.29, 1.82) is 0 Å². The summed E-state index contributed by atoms with van der Waals surface area (Å²) in [4.78, 5) is 8.88. The Morgan fingerprint density at radius 1 is 1.16 bits per heavy atom. The number of fused-ring (bicyclic) bond motifs is 1. The van der Waals surface area contributed by atoms with Gasteiger partial charge in [0.15, 0.2) is 0 Å². The van der Waals surface area contributed by atoms with Crippen LogP contribution in [0.3, 0.4) is 0 Å². The molecule has 0 aliphatic heterocycles. The van der Waals surface area contributed by atoms with Crippen LogP contribution in [0.1, 0.15) is 57.9 Å². The molecule has 1 unspecified atom stereocenters. The number of halogens is 1. The molecule has 2 fully saturated rings. The maximum atomic E-state index is 6.15. The first kappa shape index (κ1) is 18.8. The maximum absolute atomic E-state index is 6.15. The van der Waals surface area contributed by atoms with Gasteiger partial charge in [0, 0.05) is 17.6 Å². The fourth-order valence-corrected chi connectivity index (χ4v) is 4.35. The minimum Gasteiger partial charge on any atom is -0.474 e. The van der Waals surface area contributed by atoms with Crippen LogP contribution in [0.5, 0.6) is 5.88 Å². The Bertz CT molecular complexity index is 729. The Kier molecular flexibility index (Phi) is 6.11. The van der Waals surface area contributed by atoms with Crippen molar-refractivity contribution in [2.45, 2.75) is 63.7 Å². The average molecular weight is 379 g/mol. The fraction of sp³-hybridized carbons (Fsp3) is 0.600. The van der Waals surface area contributed by atoms with Crippen LogP contribution in [0.25, 0.3) is 10.8 Å². The summed E-state index contributed by atoms with van der Waals surface area (Å²) in [5, 5.41) is 3.40. The zero-order valence-electron chi connectivity index (χ0n) is 15.5. The lowest BCUT2D eigenvalue weighted by Crippen LogP contribution is -2.35. The number of pyridine rings is 2. The first-order valence-electron chi connectivity index (χ1n) is 9.29. The van der Waals surface area contributed by atoms with E-state index in [9.17, 15) is 0 Å². The van der Waals surface area contributed by atoms with E-state index < -0.39 is 0 Å². The van der Waals surface area contributed by atoms with Crippen molar-refractivity contribution in [3.05, 3.63) is 29.2 Å². The summed E-state index contributed by atoms with van der Waals surface area (Å²) >= 11 is 8.07. The SMILES string of the molecule is CC.CSC1CC(Oc2ncc(C(C)C3CC3)c3cc(Cl)ncc23)C1. The standard InChI is InChI=1S/C18H21ClN2OS.C2H6/c1-10(11-3-4-11)15-8-21-18(22-12-5-13(6-12)23-2)16-9-20-17(19)7-14(15)16;1-2/h7-13H,3-6H2,1-2H3;1-2H3. The molecule has 0 radical (unpaired) electrons. The molecule has 25 heavy (non-hydrogen) atoms. The predicted octanol–water partition coefficient (Wildman–Crippen LogP) is 6.10. The highest BCUT2D eigenvalue weighted by Crippen LogP contribution is 2.45. The van der Waals surface area contributed by atoms with E-state index in [0.29, 0.717) is 17.0 Å². The summed E-state index contributed by atoms with van der Waals surface area (Å²) in [7, 11) is 0. The van der Waals surface area contributed by atoms with Gasteiger partial charge in [0.25, 0.3) is 0 Å². The van der Waals surface area contributed by atoms with Crippen LogP contribution in [0.4, 0.5) is 0 Å². The van der Waals surface area contributed by atoms with E-state index in [4.69, 9.17) is 16.3 Å². The molecule has 0 aromatic carbocycles. The molecule has 2 aliphatic rings. The highest BCUT2D eigenvalue weighted by molar-refractivity contribution is 7.99. The summed E-state index contributed by atoms with van der Waals surface area (Å²) in [6.07, 6.45) is 11.1. The first-order chi connectivity index (χ1) is 12.2. The van der Waals surface area contributed by atoms with Gasteiger partial charge in [-0.05, 0) is 60.8 Å². The Hall–Kier alpha value is -1.00. The summed E-state index contributed by atoms with van der Waals surface area (Å²) in [6.45, 7) is 6.29. The molecule has 136 valence electrons. The van der Waals surface area contributed by atoms with E-state index in [1.807, 2.05) is 44.1 Å². The summed E-state index contributed by atoms with van der Waals surface area (Å²) < 4.78 is 6.14. The van der Waals surface area contributed by atoms with Crippen LogP contribution in [-0.2, 0) is 0 Å². The lowest BCUT2D eigenvalue weighted by molar-refractivity contribution is 0.122. The minimum absolute atomic E-state index is 0.283. The molecule has 2 aliphatic carbocycles. The third-order valence-electron chi connectivity index (χ3n) is 5.22. The van der Waals surface area contributed by atoms with E-state index in [-0.39, 0.29) is 6.10 Å². The Morgan fingerprint density at radius 2 is 1.88 bits per heavy atom. The average Bonchev–Trinajstić information content (AvgIpc) is 3.43. The monoisotopic (exact) mass is 378 g/mol. The van der Waals surface area contributed by atoms with Crippen molar-refractivity contribution in [2.24, 2.45) is 5.92 Å². The Labute approximate surface area is 159 Å². The second-order valence-electron chi connectivity index (χ2n) is 6.77. The molecule has 0 bridgehead atoms. The second kappa shape index (κ2) is 8.13. The minimum atomic E-state index is 0.283. The third-order valence-corrected chi connectivity index (χ3v) is 6.47. The summed E-state index contributed by atoms with van der Waals surface area (Å²) in [5.41, 5.74) is 1.27. The highest BCUT2D eigenvalue weighted by atomic mass is 35.5. The number of thioether (sulfide) groups is 1. The van der Waals surface area contributed by atoms with E-state index in [0.717, 1.165) is 34.8 Å².